The van der Waals surface area contributed by atoms with Crippen molar-refractivity contribution in [3.8, 4) is 0 Å². The van der Waals surface area contributed by atoms with E-state index >= 15 is 0 Å². The molecule has 2 aromatic heterocycles. The number of pyridine rings is 1. The maximum atomic E-state index is 12.5. The molecule has 0 spiro atoms. The van der Waals surface area contributed by atoms with Crippen LogP contribution < -0.4 is 35.9 Å². The number of fused-ring (bicyclic) bond motifs is 1. The van der Waals surface area contributed by atoms with Crippen molar-refractivity contribution in [3.63, 3.8) is 0 Å². The van der Waals surface area contributed by atoms with E-state index < -0.39 is 78.6 Å². The first kappa shape index (κ1) is 44.4. The lowest BCUT2D eigenvalue weighted by Gasteiger charge is -2.36. The van der Waals surface area contributed by atoms with E-state index in [1.165, 1.54) is 26.1 Å². The van der Waals surface area contributed by atoms with Gasteiger partial charge in [-0.25, -0.2) is 14.3 Å². The lowest BCUT2D eigenvalue weighted by molar-refractivity contribution is -0.347. The van der Waals surface area contributed by atoms with Crippen molar-refractivity contribution in [3.05, 3.63) is 18.6 Å². The lowest BCUT2D eigenvalue weighted by Crippen LogP contribution is -2.46. The van der Waals surface area contributed by atoms with Crippen LogP contribution in [0.1, 0.15) is 47.3 Å². The van der Waals surface area contributed by atoms with Crippen molar-refractivity contribution in [2.45, 2.75) is 76.4 Å². The van der Waals surface area contributed by atoms with E-state index in [2.05, 4.69) is 38.5 Å². The van der Waals surface area contributed by atoms with Gasteiger partial charge in [-0.2, -0.15) is 11.8 Å². The highest BCUT2D eigenvalue weighted by Gasteiger charge is 2.47. The Kier molecular flexibility index (Phi) is 15.0. The average molecular weight is 819 g/mol. The van der Waals surface area contributed by atoms with Gasteiger partial charge in [-0.05, 0) is 6.07 Å². The standard InChI is InChI=1S/C26H45N6O16P3S/c1-25(2,3)52-11-10-28-17(33)7-9-30-23(36)21(35)26(4,5)13-45-51(42,43)48-50(40,41)44-12-16-20(47-49(37,38)39)19(34)24(46-16)32-14-31-18-15(27)6-8-29-22(18)32/h6,8,14,16,19-21,24,34-35H,7,9-13H2,1-5H3,(H2,27,29)(H,28,33)(H,30,36)(H,40,41)(H,42,43)(H2,37,38,39)/p-4/t16-,19+,20?,21?,24-/m1/s1. The Balaban J connectivity index is 1.54. The summed E-state index contributed by atoms with van der Waals surface area (Å²) in [5.41, 5.74) is 4.59. The van der Waals surface area contributed by atoms with Gasteiger partial charge in [0.1, 0.15) is 29.9 Å². The number of nitrogen functional groups attached to an aromatic ring is 1. The van der Waals surface area contributed by atoms with Crippen molar-refractivity contribution < 1.29 is 75.7 Å². The van der Waals surface area contributed by atoms with Crippen molar-refractivity contribution in [1.82, 2.24) is 25.2 Å². The molecule has 4 unspecified atom stereocenters. The fourth-order valence-corrected chi connectivity index (χ4v) is 8.10. The van der Waals surface area contributed by atoms with Crippen LogP contribution in [0.4, 0.5) is 5.69 Å². The van der Waals surface area contributed by atoms with Crippen LogP contribution in [-0.2, 0) is 45.9 Å². The normalized spacial score (nSPS) is 22.8. The molecule has 296 valence electrons. The predicted molar refractivity (Wildman–Crippen MR) is 175 cm³/mol. The number of carbonyl (C=O) groups excluding carboxylic acids is 2. The van der Waals surface area contributed by atoms with Gasteiger partial charge in [-0.1, -0.05) is 34.6 Å². The Morgan fingerprint density at radius 3 is 2.37 bits per heavy atom. The highest BCUT2D eigenvalue weighted by Crippen LogP contribution is 2.56. The number of nitrogens with one attached hydrogen (secondary N) is 2. The van der Waals surface area contributed by atoms with E-state index in [9.17, 15) is 53.1 Å². The third-order valence-electron chi connectivity index (χ3n) is 7.12. The Morgan fingerprint density at radius 2 is 1.73 bits per heavy atom. The number of anilines is 1. The minimum atomic E-state index is -5.88. The van der Waals surface area contributed by atoms with Crippen LogP contribution in [0.2, 0.25) is 0 Å². The van der Waals surface area contributed by atoms with Crippen LogP contribution >= 0.6 is 35.2 Å². The third kappa shape index (κ3) is 13.4. The molecule has 0 bridgehead atoms. The molecule has 0 aliphatic carbocycles. The summed E-state index contributed by atoms with van der Waals surface area (Å²) in [6.45, 7) is 6.61. The molecule has 0 radical (unpaired) electrons. The molecule has 26 heteroatoms. The van der Waals surface area contributed by atoms with Gasteiger partial charge in [0.05, 0.1) is 33.1 Å². The molecule has 3 heterocycles. The molecule has 1 saturated heterocycles. The van der Waals surface area contributed by atoms with Crippen LogP contribution in [0.15, 0.2) is 18.6 Å². The average Bonchev–Trinajstić information content (AvgIpc) is 3.56. The minimum absolute atomic E-state index is 0.0296. The Labute approximate surface area is 302 Å². The number of amides is 2. The molecule has 6 N–H and O–H groups in total. The summed E-state index contributed by atoms with van der Waals surface area (Å²) in [4.78, 5) is 80.3. The zero-order valence-corrected chi connectivity index (χ0v) is 32.1. The number of hydrogen-bond acceptors (Lipinski definition) is 20. The summed E-state index contributed by atoms with van der Waals surface area (Å²) in [6, 6.07) is 1.42. The van der Waals surface area contributed by atoms with Gasteiger partial charge in [-0.15, -0.1) is 0 Å². The summed E-state index contributed by atoms with van der Waals surface area (Å²) in [6.07, 6.45) is -7.01. The maximum absolute atomic E-state index is 12.5. The number of nitrogens with zero attached hydrogens (tertiary/aromatic N) is 3. The Bertz CT molecular complexity index is 1700. The van der Waals surface area contributed by atoms with Crippen LogP contribution in [0.25, 0.3) is 11.2 Å². The van der Waals surface area contributed by atoms with E-state index in [1.54, 1.807) is 11.8 Å². The number of rotatable bonds is 19. The summed E-state index contributed by atoms with van der Waals surface area (Å²) in [5.74, 6) is -0.634. The Morgan fingerprint density at radius 1 is 1.08 bits per heavy atom. The number of ether oxygens (including phenoxy) is 1. The monoisotopic (exact) mass is 818 g/mol. The number of thioether (sulfide) groups is 1. The number of aliphatic hydroxyl groups is 2. The number of nitrogens with two attached hydrogens (primary N) is 1. The second-order valence-corrected chi connectivity index (χ2v) is 19.1. The van der Waals surface area contributed by atoms with Gasteiger partial charge < -0.3 is 69.0 Å². The zero-order valence-electron chi connectivity index (χ0n) is 28.6. The van der Waals surface area contributed by atoms with E-state index in [0.717, 1.165) is 10.9 Å². The topological polar surface area (TPSA) is 345 Å². The van der Waals surface area contributed by atoms with Crippen LogP contribution in [-0.4, -0.2) is 97.8 Å². The third-order valence-corrected chi connectivity index (χ3v) is 11.4. The van der Waals surface area contributed by atoms with Crippen LogP contribution in [0.5, 0.6) is 0 Å². The van der Waals surface area contributed by atoms with Gasteiger partial charge in [0.2, 0.25) is 11.8 Å². The number of imidazole rings is 1. The van der Waals surface area contributed by atoms with Gasteiger partial charge in [0.25, 0.3) is 15.6 Å². The van der Waals surface area contributed by atoms with E-state index in [1.807, 2.05) is 20.8 Å². The molecule has 0 saturated carbocycles. The van der Waals surface area contributed by atoms with Crippen molar-refractivity contribution >= 4 is 63.9 Å². The number of aliphatic hydroxyl groups excluding tert-OH is 2. The fraction of sp³-hybridized carbons (Fsp3) is 0.692. The first-order valence-corrected chi connectivity index (χ1v) is 20.8. The number of phosphoric acid groups is 3. The highest BCUT2D eigenvalue weighted by molar-refractivity contribution is 8.00. The van der Waals surface area contributed by atoms with Crippen LogP contribution in [0, 0.1) is 5.41 Å². The molecular weight excluding hydrogens is 777 g/mol. The van der Waals surface area contributed by atoms with Gasteiger partial charge in [0.15, 0.2) is 11.9 Å². The number of aromatic nitrogens is 3. The highest BCUT2D eigenvalue weighted by atomic mass is 32.2. The zero-order chi connectivity index (χ0) is 39.3. The summed E-state index contributed by atoms with van der Waals surface area (Å²) in [5, 5.41) is 26.3. The Hall–Kier alpha value is -2.04. The summed E-state index contributed by atoms with van der Waals surface area (Å²) < 4.78 is 60.5. The smallest absolute Gasteiger partial charge is 0.274 e. The first-order chi connectivity index (χ1) is 23.8. The molecule has 1 aliphatic rings. The van der Waals surface area contributed by atoms with E-state index in [4.69, 9.17) is 10.5 Å². The van der Waals surface area contributed by atoms with Crippen molar-refractivity contribution in [2.75, 3.05) is 37.8 Å². The van der Waals surface area contributed by atoms with Gasteiger partial charge >= 0.3 is 0 Å². The van der Waals surface area contributed by atoms with E-state index in [-0.39, 0.29) is 40.5 Å². The van der Waals surface area contributed by atoms with Gasteiger partial charge in [-0.3, -0.25) is 23.3 Å². The molecular formula is C26H41N6O16P3S-4. The molecule has 2 amide bonds. The van der Waals surface area contributed by atoms with Crippen molar-refractivity contribution in [1.29, 1.82) is 0 Å². The van der Waals surface area contributed by atoms with Gasteiger partial charge in [0, 0.05) is 41.6 Å². The number of phosphoric ester groups is 3. The first-order valence-electron chi connectivity index (χ1n) is 15.4. The molecule has 0 aromatic carbocycles. The molecule has 1 fully saturated rings. The maximum Gasteiger partial charge on any atom is 0.274 e. The number of hydrogen-bond donors (Lipinski definition) is 5. The quantitative estimate of drug-likeness (QED) is 0.0757. The second-order valence-electron chi connectivity index (χ2n) is 13.1. The predicted octanol–water partition coefficient (Wildman–Crippen LogP) is -1.99. The molecule has 7 atom stereocenters. The van der Waals surface area contributed by atoms with Crippen LogP contribution in [0.3, 0.4) is 0 Å². The number of carbonyl (C=O) groups is 2. The molecule has 2 aromatic rings. The second kappa shape index (κ2) is 17.6. The molecule has 22 nitrogen and oxygen atoms in total. The SMILES string of the molecule is CC(C)(C)SCCNC(=O)CCNC(=O)C(O)C(C)(C)COP(=O)([O-])OP(=O)([O-])OC[C@H]1O[C@@H](n2cnc3c(N)ccnc32)[C@@H](O)C1OP(=O)([O-])[O-]. The summed E-state index contributed by atoms with van der Waals surface area (Å²) in [7, 11) is -17.5. The molecule has 1 aliphatic heterocycles. The lowest BCUT2D eigenvalue weighted by atomic mass is 9.87. The van der Waals surface area contributed by atoms with E-state index in [0.29, 0.717) is 12.3 Å². The summed E-state index contributed by atoms with van der Waals surface area (Å²) >= 11 is 1.66. The van der Waals surface area contributed by atoms with Crippen molar-refractivity contribution in [2.24, 2.45) is 5.41 Å². The minimum Gasteiger partial charge on any atom is -0.790 e. The molecule has 52 heavy (non-hydrogen) atoms. The fourth-order valence-electron chi connectivity index (χ4n) is 4.55. The molecule has 3 rings (SSSR count). The largest absolute Gasteiger partial charge is 0.790 e.